The molecule has 1 heterocycles. The molecular formula is C13H19N3O3. The summed E-state index contributed by atoms with van der Waals surface area (Å²) in [5.41, 5.74) is 0.857. The van der Waals surface area contributed by atoms with Crippen LogP contribution in [-0.2, 0) is 0 Å². The van der Waals surface area contributed by atoms with Crippen LogP contribution in [0.15, 0.2) is 18.2 Å². The smallest absolute Gasteiger partial charge is 0.273 e. The highest BCUT2D eigenvalue weighted by Gasteiger charge is 2.15. The van der Waals surface area contributed by atoms with Crippen LogP contribution in [0, 0.1) is 16.0 Å². The third kappa shape index (κ3) is 3.57. The lowest BCUT2D eigenvalue weighted by molar-refractivity contribution is -0.384. The van der Waals surface area contributed by atoms with Crippen LogP contribution in [0.1, 0.15) is 12.8 Å². The van der Waals surface area contributed by atoms with Gasteiger partial charge in [0.1, 0.15) is 5.75 Å². The summed E-state index contributed by atoms with van der Waals surface area (Å²) < 4.78 is 5.20. The number of benzene rings is 1. The van der Waals surface area contributed by atoms with Gasteiger partial charge in [-0.15, -0.1) is 0 Å². The fraction of sp³-hybridized carbons (Fsp3) is 0.538. The fourth-order valence-corrected chi connectivity index (χ4v) is 2.28. The van der Waals surface area contributed by atoms with E-state index in [-0.39, 0.29) is 5.69 Å². The summed E-state index contributed by atoms with van der Waals surface area (Å²) in [6.45, 7) is 2.99. The summed E-state index contributed by atoms with van der Waals surface area (Å²) in [4.78, 5) is 10.3. The van der Waals surface area contributed by atoms with Crippen molar-refractivity contribution < 1.29 is 9.66 Å². The van der Waals surface area contributed by atoms with E-state index in [2.05, 4.69) is 10.6 Å². The summed E-state index contributed by atoms with van der Waals surface area (Å²) in [6, 6.07) is 4.65. The number of ether oxygens (including phenoxy) is 1. The Morgan fingerprint density at radius 2 is 2.21 bits per heavy atom. The van der Waals surface area contributed by atoms with Gasteiger partial charge in [-0.05, 0) is 37.9 Å². The zero-order valence-electron chi connectivity index (χ0n) is 11.0. The second-order valence-corrected chi connectivity index (χ2v) is 4.72. The molecule has 6 nitrogen and oxygen atoms in total. The number of hydrogen-bond donors (Lipinski definition) is 2. The Kier molecular flexibility index (Phi) is 4.57. The van der Waals surface area contributed by atoms with Crippen LogP contribution in [-0.4, -0.2) is 31.7 Å². The lowest BCUT2D eigenvalue weighted by Crippen LogP contribution is -2.31. The Bertz CT molecular complexity index is 445. The number of non-ortho nitro benzene ring substituents is 1. The van der Waals surface area contributed by atoms with Crippen molar-refractivity contribution in [2.75, 3.05) is 32.1 Å². The van der Waals surface area contributed by atoms with E-state index in [9.17, 15) is 10.1 Å². The van der Waals surface area contributed by atoms with Crippen molar-refractivity contribution in [3.05, 3.63) is 28.3 Å². The molecule has 0 atom stereocenters. The third-order valence-electron chi connectivity index (χ3n) is 3.44. The normalized spacial score (nSPS) is 16.1. The monoisotopic (exact) mass is 265 g/mol. The maximum absolute atomic E-state index is 10.7. The quantitative estimate of drug-likeness (QED) is 0.629. The molecule has 0 bridgehead atoms. The van der Waals surface area contributed by atoms with E-state index in [0.29, 0.717) is 11.7 Å². The van der Waals surface area contributed by atoms with Crippen molar-refractivity contribution in [3.63, 3.8) is 0 Å². The van der Waals surface area contributed by atoms with Crippen LogP contribution < -0.4 is 15.4 Å². The highest BCUT2D eigenvalue weighted by molar-refractivity contribution is 5.60. The molecule has 1 aromatic rings. The van der Waals surface area contributed by atoms with Gasteiger partial charge in [0.05, 0.1) is 23.8 Å². The zero-order valence-corrected chi connectivity index (χ0v) is 11.0. The Hall–Kier alpha value is -1.82. The summed E-state index contributed by atoms with van der Waals surface area (Å²) in [5.74, 6) is 1.16. The number of nitrogens with zero attached hydrogens (tertiary/aromatic N) is 1. The van der Waals surface area contributed by atoms with E-state index in [1.807, 2.05) is 0 Å². The lowest BCUT2D eigenvalue weighted by atomic mass is 9.98. The average molecular weight is 265 g/mol. The van der Waals surface area contributed by atoms with Gasteiger partial charge in [0, 0.05) is 12.6 Å². The zero-order chi connectivity index (χ0) is 13.7. The maximum atomic E-state index is 10.7. The summed E-state index contributed by atoms with van der Waals surface area (Å²) in [5, 5.41) is 17.4. The standard InChI is InChI=1S/C13H19N3O3/c1-19-13-8-11(16(17)18)2-3-12(13)15-9-10-4-6-14-7-5-10/h2-3,8,10,14-15H,4-7,9H2,1H3. The van der Waals surface area contributed by atoms with E-state index in [4.69, 9.17) is 4.74 Å². The van der Waals surface area contributed by atoms with Gasteiger partial charge in [-0.2, -0.15) is 0 Å². The molecule has 104 valence electrons. The summed E-state index contributed by atoms with van der Waals surface area (Å²) >= 11 is 0. The largest absolute Gasteiger partial charge is 0.494 e. The van der Waals surface area contributed by atoms with Crippen LogP contribution >= 0.6 is 0 Å². The number of hydrogen-bond acceptors (Lipinski definition) is 5. The van der Waals surface area contributed by atoms with Crippen molar-refractivity contribution in [3.8, 4) is 5.75 Å². The molecule has 2 N–H and O–H groups in total. The number of nitro groups is 1. The van der Waals surface area contributed by atoms with Gasteiger partial charge in [-0.25, -0.2) is 0 Å². The van der Waals surface area contributed by atoms with Gasteiger partial charge in [0.25, 0.3) is 5.69 Å². The summed E-state index contributed by atoms with van der Waals surface area (Å²) in [6.07, 6.45) is 2.31. The number of methoxy groups -OCH3 is 1. The predicted molar refractivity (Wildman–Crippen MR) is 73.7 cm³/mol. The highest BCUT2D eigenvalue weighted by atomic mass is 16.6. The topological polar surface area (TPSA) is 76.4 Å². The second-order valence-electron chi connectivity index (χ2n) is 4.72. The minimum atomic E-state index is -0.418. The highest BCUT2D eigenvalue weighted by Crippen LogP contribution is 2.29. The molecular weight excluding hydrogens is 246 g/mol. The Morgan fingerprint density at radius 3 is 2.84 bits per heavy atom. The molecule has 0 unspecified atom stereocenters. The SMILES string of the molecule is COc1cc([N+](=O)[O-])ccc1NCC1CCNCC1. The Morgan fingerprint density at radius 1 is 1.47 bits per heavy atom. The Labute approximate surface area is 112 Å². The average Bonchev–Trinajstić information content (AvgIpc) is 2.45. The number of nitro benzene ring substituents is 1. The van der Waals surface area contributed by atoms with E-state index in [1.165, 1.54) is 19.2 Å². The molecule has 2 rings (SSSR count). The second kappa shape index (κ2) is 6.38. The molecule has 0 saturated carbocycles. The van der Waals surface area contributed by atoms with Crippen LogP contribution in [0.25, 0.3) is 0 Å². The van der Waals surface area contributed by atoms with Gasteiger partial charge < -0.3 is 15.4 Å². The van der Waals surface area contributed by atoms with E-state index in [0.717, 1.165) is 38.2 Å². The molecule has 0 amide bonds. The molecule has 6 heteroatoms. The molecule has 1 saturated heterocycles. The molecule has 1 fully saturated rings. The summed E-state index contributed by atoms with van der Waals surface area (Å²) in [7, 11) is 1.52. The van der Waals surface area contributed by atoms with Crippen molar-refractivity contribution in [1.29, 1.82) is 0 Å². The molecule has 0 radical (unpaired) electrons. The first-order valence-electron chi connectivity index (χ1n) is 6.47. The van der Waals surface area contributed by atoms with E-state index >= 15 is 0 Å². The van der Waals surface area contributed by atoms with Gasteiger partial charge in [-0.1, -0.05) is 0 Å². The van der Waals surface area contributed by atoms with Crippen molar-refractivity contribution in [1.82, 2.24) is 5.32 Å². The molecule has 19 heavy (non-hydrogen) atoms. The van der Waals surface area contributed by atoms with Crippen molar-refractivity contribution in [2.45, 2.75) is 12.8 Å². The minimum Gasteiger partial charge on any atom is -0.494 e. The number of anilines is 1. The molecule has 0 aromatic heterocycles. The number of nitrogens with one attached hydrogen (secondary N) is 2. The third-order valence-corrected chi connectivity index (χ3v) is 3.44. The first kappa shape index (κ1) is 13.6. The van der Waals surface area contributed by atoms with Crippen LogP contribution in [0.3, 0.4) is 0 Å². The molecule has 0 spiro atoms. The van der Waals surface area contributed by atoms with Gasteiger partial charge in [0.15, 0.2) is 0 Å². The number of piperidine rings is 1. The molecule has 1 aliphatic rings. The van der Waals surface area contributed by atoms with E-state index < -0.39 is 4.92 Å². The van der Waals surface area contributed by atoms with Crippen molar-refractivity contribution in [2.24, 2.45) is 5.92 Å². The minimum absolute atomic E-state index is 0.0456. The van der Waals surface area contributed by atoms with Gasteiger partial charge in [-0.3, -0.25) is 10.1 Å². The fourth-order valence-electron chi connectivity index (χ4n) is 2.28. The van der Waals surface area contributed by atoms with E-state index in [1.54, 1.807) is 6.07 Å². The van der Waals surface area contributed by atoms with Crippen LogP contribution in [0.5, 0.6) is 5.75 Å². The lowest BCUT2D eigenvalue weighted by Gasteiger charge is -2.23. The predicted octanol–water partition coefficient (Wildman–Crippen LogP) is 2.01. The molecule has 0 aliphatic carbocycles. The van der Waals surface area contributed by atoms with Crippen LogP contribution in [0.4, 0.5) is 11.4 Å². The van der Waals surface area contributed by atoms with Gasteiger partial charge in [0.2, 0.25) is 0 Å². The van der Waals surface area contributed by atoms with Gasteiger partial charge >= 0.3 is 0 Å². The number of rotatable bonds is 5. The molecule has 1 aliphatic heterocycles. The van der Waals surface area contributed by atoms with Crippen LogP contribution in [0.2, 0.25) is 0 Å². The van der Waals surface area contributed by atoms with Crippen molar-refractivity contribution >= 4 is 11.4 Å². The Balaban J connectivity index is 2.00. The molecule has 1 aromatic carbocycles. The first-order chi connectivity index (χ1) is 9.20. The first-order valence-corrected chi connectivity index (χ1v) is 6.47. The maximum Gasteiger partial charge on any atom is 0.273 e.